The topological polar surface area (TPSA) is 79.5 Å². The molecule has 0 atom stereocenters. The van der Waals surface area contributed by atoms with Crippen molar-refractivity contribution in [2.45, 2.75) is 20.0 Å². The lowest BCUT2D eigenvalue weighted by molar-refractivity contribution is 0.100. The number of hydrogen-bond donors (Lipinski definition) is 3. The van der Waals surface area contributed by atoms with Gasteiger partial charge in [0.2, 0.25) is 5.91 Å². The molecule has 28 heavy (non-hydrogen) atoms. The highest BCUT2D eigenvalue weighted by Crippen LogP contribution is 2.08. The van der Waals surface area contributed by atoms with E-state index >= 15 is 0 Å². The van der Waals surface area contributed by atoms with E-state index in [1.807, 2.05) is 42.5 Å². The van der Waals surface area contributed by atoms with Crippen molar-refractivity contribution in [3.63, 3.8) is 0 Å². The lowest BCUT2D eigenvalue weighted by Crippen LogP contribution is -2.30. The van der Waals surface area contributed by atoms with E-state index in [0.717, 1.165) is 11.3 Å². The van der Waals surface area contributed by atoms with E-state index in [1.165, 1.54) is 11.1 Å². The summed E-state index contributed by atoms with van der Waals surface area (Å²) in [5, 5.41) is 6.69. The number of rotatable bonds is 6. The molecule has 142 valence electrons. The van der Waals surface area contributed by atoms with Crippen molar-refractivity contribution in [2.24, 2.45) is 10.7 Å². The summed E-state index contributed by atoms with van der Waals surface area (Å²) in [5.74, 6) is 0.256. The van der Waals surface area contributed by atoms with Gasteiger partial charge in [0.1, 0.15) is 0 Å². The summed E-state index contributed by atoms with van der Waals surface area (Å²) >= 11 is 0. The van der Waals surface area contributed by atoms with E-state index in [9.17, 15) is 4.79 Å². The van der Waals surface area contributed by atoms with Crippen LogP contribution in [0.1, 0.15) is 27.0 Å². The molecule has 0 saturated heterocycles. The number of carbonyl (C=O) groups excluding carboxylic acids is 1. The minimum absolute atomic E-state index is 0.429. The van der Waals surface area contributed by atoms with Gasteiger partial charge in [0, 0.05) is 17.8 Å². The molecule has 0 aliphatic carbocycles. The van der Waals surface area contributed by atoms with Crippen LogP contribution in [0, 0.1) is 6.92 Å². The van der Waals surface area contributed by atoms with Crippen molar-refractivity contribution < 1.29 is 4.79 Å². The number of benzene rings is 3. The predicted octanol–water partition coefficient (Wildman–Crippen LogP) is 3.85. The normalized spacial score (nSPS) is 11.1. The number of nitrogens with one attached hydrogen (secondary N) is 2. The highest BCUT2D eigenvalue weighted by molar-refractivity contribution is 5.94. The lowest BCUT2D eigenvalue weighted by atomic mass is 10.1. The van der Waals surface area contributed by atoms with Crippen molar-refractivity contribution >= 4 is 17.6 Å². The molecule has 3 aromatic rings. The van der Waals surface area contributed by atoms with Gasteiger partial charge in [-0.3, -0.25) is 4.79 Å². The van der Waals surface area contributed by atoms with Crippen LogP contribution in [0.4, 0.5) is 5.69 Å². The molecule has 3 aromatic carbocycles. The van der Waals surface area contributed by atoms with Gasteiger partial charge in [-0.05, 0) is 42.3 Å². The fourth-order valence-electron chi connectivity index (χ4n) is 2.63. The Kier molecular flexibility index (Phi) is 6.41. The summed E-state index contributed by atoms with van der Waals surface area (Å²) < 4.78 is 0. The van der Waals surface area contributed by atoms with Crippen LogP contribution in [0.5, 0.6) is 0 Å². The monoisotopic (exact) mass is 372 g/mol. The highest BCUT2D eigenvalue weighted by atomic mass is 16.1. The number of anilines is 1. The Morgan fingerprint density at radius 3 is 2.18 bits per heavy atom. The molecule has 0 aliphatic rings. The summed E-state index contributed by atoms with van der Waals surface area (Å²) in [6.45, 7) is 3.22. The van der Waals surface area contributed by atoms with E-state index in [-0.39, 0.29) is 0 Å². The van der Waals surface area contributed by atoms with E-state index in [0.29, 0.717) is 24.6 Å². The molecule has 1 amide bonds. The molecule has 0 spiro atoms. The lowest BCUT2D eigenvalue weighted by Gasteiger charge is -2.13. The molecule has 0 saturated carbocycles. The van der Waals surface area contributed by atoms with E-state index < -0.39 is 5.91 Å². The molecule has 0 aromatic heterocycles. The van der Waals surface area contributed by atoms with Crippen LogP contribution in [-0.4, -0.2) is 11.9 Å². The van der Waals surface area contributed by atoms with Crippen LogP contribution in [-0.2, 0) is 13.1 Å². The molecular formula is C23H24N4O. The van der Waals surface area contributed by atoms with Crippen LogP contribution < -0.4 is 16.4 Å². The zero-order chi connectivity index (χ0) is 19.8. The van der Waals surface area contributed by atoms with Crippen LogP contribution in [0.15, 0.2) is 83.9 Å². The van der Waals surface area contributed by atoms with Gasteiger partial charge in [-0.25, -0.2) is 4.99 Å². The first kappa shape index (κ1) is 19.2. The largest absolute Gasteiger partial charge is 0.366 e. The third kappa shape index (κ3) is 5.71. The molecule has 0 bridgehead atoms. The van der Waals surface area contributed by atoms with Crippen LogP contribution in [0.3, 0.4) is 0 Å². The average Bonchev–Trinajstić information content (AvgIpc) is 2.72. The van der Waals surface area contributed by atoms with E-state index in [1.54, 1.807) is 12.1 Å². The third-order valence-corrected chi connectivity index (χ3v) is 4.28. The summed E-state index contributed by atoms with van der Waals surface area (Å²) in [6, 6.07) is 25.5. The second-order valence-electron chi connectivity index (χ2n) is 6.56. The van der Waals surface area contributed by atoms with Crippen molar-refractivity contribution in [2.75, 3.05) is 5.32 Å². The van der Waals surface area contributed by atoms with Gasteiger partial charge in [-0.2, -0.15) is 0 Å². The number of para-hydroxylation sites is 1. The fraction of sp³-hybridized carbons (Fsp3) is 0.130. The molecule has 0 heterocycles. The Hall–Kier alpha value is -3.60. The maximum absolute atomic E-state index is 11.2. The minimum Gasteiger partial charge on any atom is -0.366 e. The van der Waals surface area contributed by atoms with Crippen molar-refractivity contribution in [1.82, 2.24) is 5.32 Å². The van der Waals surface area contributed by atoms with E-state index in [4.69, 9.17) is 5.73 Å². The maximum Gasteiger partial charge on any atom is 0.248 e. The number of carbonyl (C=O) groups is 1. The second-order valence-corrected chi connectivity index (χ2v) is 6.56. The SMILES string of the molecule is Cc1ccc(CNC(=NCc2ccc(C(N)=O)cc2)Nc2ccccc2)cc1. The number of aliphatic imine (C=N–C) groups is 1. The van der Waals surface area contributed by atoms with Crippen molar-refractivity contribution in [3.8, 4) is 0 Å². The Bertz CT molecular complexity index is 933. The first-order valence-electron chi connectivity index (χ1n) is 9.15. The third-order valence-electron chi connectivity index (χ3n) is 4.28. The van der Waals surface area contributed by atoms with Crippen molar-refractivity contribution in [1.29, 1.82) is 0 Å². The van der Waals surface area contributed by atoms with Gasteiger partial charge in [0.25, 0.3) is 0 Å². The quantitative estimate of drug-likeness (QED) is 0.454. The minimum atomic E-state index is -0.429. The molecule has 5 nitrogen and oxygen atoms in total. The first-order chi connectivity index (χ1) is 13.6. The van der Waals surface area contributed by atoms with Crippen LogP contribution in [0.2, 0.25) is 0 Å². The molecule has 3 rings (SSSR count). The van der Waals surface area contributed by atoms with Gasteiger partial charge in [-0.15, -0.1) is 0 Å². The van der Waals surface area contributed by atoms with Gasteiger partial charge in [0.05, 0.1) is 6.54 Å². The molecule has 4 N–H and O–H groups in total. The molecule has 0 radical (unpaired) electrons. The number of nitrogens with zero attached hydrogens (tertiary/aromatic N) is 1. The summed E-state index contributed by atoms with van der Waals surface area (Å²) in [5.41, 5.74) is 10.2. The molecule has 0 fully saturated rings. The summed E-state index contributed by atoms with van der Waals surface area (Å²) in [7, 11) is 0. The van der Waals surface area contributed by atoms with Crippen molar-refractivity contribution in [3.05, 3.63) is 101 Å². The molecule has 0 unspecified atom stereocenters. The summed E-state index contributed by atoms with van der Waals surface area (Å²) in [6.07, 6.45) is 0. The Balaban J connectivity index is 1.71. The average molecular weight is 372 g/mol. The summed E-state index contributed by atoms with van der Waals surface area (Å²) in [4.78, 5) is 15.9. The molecule has 5 heteroatoms. The van der Waals surface area contributed by atoms with Crippen LogP contribution in [0.25, 0.3) is 0 Å². The fourth-order valence-corrected chi connectivity index (χ4v) is 2.63. The zero-order valence-electron chi connectivity index (χ0n) is 15.9. The number of amides is 1. The number of hydrogen-bond acceptors (Lipinski definition) is 2. The number of guanidine groups is 1. The first-order valence-corrected chi connectivity index (χ1v) is 9.15. The number of primary amides is 1. The highest BCUT2D eigenvalue weighted by Gasteiger charge is 2.03. The molecular weight excluding hydrogens is 348 g/mol. The predicted molar refractivity (Wildman–Crippen MR) is 114 cm³/mol. The van der Waals surface area contributed by atoms with Gasteiger partial charge >= 0.3 is 0 Å². The molecule has 0 aliphatic heterocycles. The van der Waals surface area contributed by atoms with Gasteiger partial charge < -0.3 is 16.4 Å². The van der Waals surface area contributed by atoms with E-state index in [2.05, 4.69) is 46.8 Å². The maximum atomic E-state index is 11.2. The van der Waals surface area contributed by atoms with Gasteiger partial charge in [-0.1, -0.05) is 60.2 Å². The number of nitrogens with two attached hydrogens (primary N) is 1. The zero-order valence-corrected chi connectivity index (χ0v) is 15.9. The Morgan fingerprint density at radius 1 is 0.893 bits per heavy atom. The smallest absolute Gasteiger partial charge is 0.248 e. The number of aryl methyl sites for hydroxylation is 1. The van der Waals surface area contributed by atoms with Gasteiger partial charge in [0.15, 0.2) is 5.96 Å². The Labute approximate surface area is 165 Å². The second kappa shape index (κ2) is 9.37. The van der Waals surface area contributed by atoms with Crippen LogP contribution >= 0.6 is 0 Å². The Morgan fingerprint density at radius 2 is 1.54 bits per heavy atom. The standard InChI is InChI=1S/C23H24N4O/c1-17-7-9-18(10-8-17)15-25-23(27-21-5-3-2-4-6-21)26-16-19-11-13-20(14-12-19)22(24)28/h2-14H,15-16H2,1H3,(H2,24,28)(H2,25,26,27).